The Labute approximate surface area is 74.2 Å². The Kier molecular flexibility index (Phi) is 4.90. The van der Waals surface area contributed by atoms with Crippen LogP contribution in [0, 0.1) is 11.8 Å². The topological polar surface area (TPSA) is 49.3 Å². The van der Waals surface area contributed by atoms with Gasteiger partial charge in [-0.05, 0) is 25.3 Å². The molecular formula is C9H19NO2. The van der Waals surface area contributed by atoms with E-state index in [1.165, 1.54) is 0 Å². The van der Waals surface area contributed by atoms with Crippen LogP contribution < -0.4 is 5.32 Å². The van der Waals surface area contributed by atoms with Gasteiger partial charge in [-0.25, -0.2) is 0 Å². The van der Waals surface area contributed by atoms with Crippen LogP contribution in [0.2, 0.25) is 0 Å². The highest BCUT2D eigenvalue weighted by Crippen LogP contribution is 2.14. The van der Waals surface area contributed by atoms with Gasteiger partial charge in [-0.2, -0.15) is 0 Å². The fraction of sp³-hybridized carbons (Fsp3) is 0.889. The maximum Gasteiger partial charge on any atom is 0.320 e. The highest BCUT2D eigenvalue weighted by Gasteiger charge is 2.22. The van der Waals surface area contributed by atoms with Crippen molar-refractivity contribution in [2.24, 2.45) is 11.8 Å². The zero-order valence-corrected chi connectivity index (χ0v) is 8.29. The molecule has 0 aliphatic heterocycles. The van der Waals surface area contributed by atoms with E-state index in [1.54, 1.807) is 7.05 Å². The summed E-state index contributed by atoms with van der Waals surface area (Å²) in [4.78, 5) is 10.7. The van der Waals surface area contributed by atoms with Gasteiger partial charge in [0.05, 0.1) is 0 Å². The highest BCUT2D eigenvalue weighted by atomic mass is 16.4. The molecule has 72 valence electrons. The van der Waals surface area contributed by atoms with E-state index in [9.17, 15) is 4.79 Å². The van der Waals surface area contributed by atoms with Crippen LogP contribution in [0.4, 0.5) is 0 Å². The Morgan fingerprint density at radius 2 is 1.92 bits per heavy atom. The Morgan fingerprint density at radius 3 is 2.17 bits per heavy atom. The molecule has 0 aromatic heterocycles. The molecule has 2 unspecified atom stereocenters. The van der Waals surface area contributed by atoms with Gasteiger partial charge in [-0.3, -0.25) is 4.79 Å². The van der Waals surface area contributed by atoms with E-state index >= 15 is 0 Å². The van der Waals surface area contributed by atoms with Crippen molar-refractivity contribution in [2.45, 2.75) is 33.2 Å². The highest BCUT2D eigenvalue weighted by molar-refractivity contribution is 5.73. The number of carboxylic acid groups (broad SMARTS) is 1. The molecule has 0 saturated carbocycles. The minimum atomic E-state index is -0.759. The molecular weight excluding hydrogens is 154 g/mol. The van der Waals surface area contributed by atoms with Crippen LogP contribution in [-0.2, 0) is 4.79 Å². The number of hydrogen-bond donors (Lipinski definition) is 2. The van der Waals surface area contributed by atoms with Crippen LogP contribution in [0.3, 0.4) is 0 Å². The van der Waals surface area contributed by atoms with Gasteiger partial charge in [0.15, 0.2) is 0 Å². The first-order valence-electron chi connectivity index (χ1n) is 4.39. The van der Waals surface area contributed by atoms with Gasteiger partial charge in [-0.1, -0.05) is 20.8 Å². The van der Waals surface area contributed by atoms with E-state index in [-0.39, 0.29) is 5.92 Å². The van der Waals surface area contributed by atoms with Crippen LogP contribution >= 0.6 is 0 Å². The fourth-order valence-electron chi connectivity index (χ4n) is 1.53. The standard InChI is InChI=1S/C9H19NO2/c1-6(2)5-7(3)8(10-4)9(11)12/h6-8,10H,5H2,1-4H3,(H,11,12). The summed E-state index contributed by atoms with van der Waals surface area (Å²) in [7, 11) is 1.69. The zero-order valence-electron chi connectivity index (χ0n) is 8.29. The van der Waals surface area contributed by atoms with E-state index in [1.807, 2.05) is 6.92 Å². The van der Waals surface area contributed by atoms with E-state index in [0.717, 1.165) is 6.42 Å². The van der Waals surface area contributed by atoms with Gasteiger partial charge < -0.3 is 10.4 Å². The first kappa shape index (κ1) is 11.4. The molecule has 0 radical (unpaired) electrons. The average molecular weight is 173 g/mol. The molecule has 2 N–H and O–H groups in total. The van der Waals surface area contributed by atoms with Gasteiger partial charge >= 0.3 is 5.97 Å². The molecule has 0 aliphatic rings. The van der Waals surface area contributed by atoms with Crippen LogP contribution in [0.15, 0.2) is 0 Å². The van der Waals surface area contributed by atoms with Crippen molar-refractivity contribution in [3.63, 3.8) is 0 Å². The third-order valence-corrected chi connectivity index (χ3v) is 1.99. The fourth-order valence-corrected chi connectivity index (χ4v) is 1.53. The Balaban J connectivity index is 4.02. The third-order valence-electron chi connectivity index (χ3n) is 1.99. The number of carboxylic acids is 1. The second kappa shape index (κ2) is 5.14. The Morgan fingerprint density at radius 1 is 1.42 bits per heavy atom. The molecule has 0 amide bonds. The number of nitrogens with one attached hydrogen (secondary N) is 1. The second-order valence-electron chi connectivity index (χ2n) is 3.71. The van der Waals surface area contributed by atoms with Crippen molar-refractivity contribution >= 4 is 5.97 Å². The van der Waals surface area contributed by atoms with E-state index < -0.39 is 12.0 Å². The molecule has 2 atom stereocenters. The van der Waals surface area contributed by atoms with Gasteiger partial charge in [0.2, 0.25) is 0 Å². The second-order valence-corrected chi connectivity index (χ2v) is 3.71. The molecule has 0 aromatic carbocycles. The summed E-state index contributed by atoms with van der Waals surface area (Å²) < 4.78 is 0. The molecule has 0 spiro atoms. The van der Waals surface area contributed by atoms with Crippen molar-refractivity contribution in [3.8, 4) is 0 Å². The number of likely N-dealkylation sites (N-methyl/N-ethyl adjacent to an activating group) is 1. The van der Waals surface area contributed by atoms with E-state index in [2.05, 4.69) is 19.2 Å². The molecule has 0 rings (SSSR count). The molecule has 12 heavy (non-hydrogen) atoms. The molecule has 0 bridgehead atoms. The Bertz CT molecular complexity index is 145. The van der Waals surface area contributed by atoms with Crippen molar-refractivity contribution in [1.29, 1.82) is 0 Å². The van der Waals surface area contributed by atoms with Crippen molar-refractivity contribution in [3.05, 3.63) is 0 Å². The maximum absolute atomic E-state index is 10.7. The number of hydrogen-bond acceptors (Lipinski definition) is 2. The molecule has 3 heteroatoms. The summed E-state index contributed by atoms with van der Waals surface area (Å²) in [6, 6.07) is -0.410. The monoisotopic (exact) mass is 173 g/mol. The van der Waals surface area contributed by atoms with Crippen molar-refractivity contribution < 1.29 is 9.90 Å². The molecule has 0 heterocycles. The molecule has 0 aromatic rings. The minimum absolute atomic E-state index is 0.187. The summed E-state index contributed by atoms with van der Waals surface area (Å²) in [5.74, 6) is -0.0200. The van der Waals surface area contributed by atoms with Gasteiger partial charge in [0.1, 0.15) is 6.04 Å². The largest absolute Gasteiger partial charge is 0.480 e. The predicted molar refractivity (Wildman–Crippen MR) is 49.1 cm³/mol. The van der Waals surface area contributed by atoms with Crippen LogP contribution in [0.25, 0.3) is 0 Å². The summed E-state index contributed by atoms with van der Waals surface area (Å²) in [6.45, 7) is 6.17. The zero-order chi connectivity index (χ0) is 9.72. The number of aliphatic carboxylic acids is 1. The SMILES string of the molecule is CNC(C(=O)O)C(C)CC(C)C. The maximum atomic E-state index is 10.7. The smallest absolute Gasteiger partial charge is 0.320 e. The lowest BCUT2D eigenvalue weighted by molar-refractivity contribution is -0.140. The summed E-state index contributed by atoms with van der Waals surface area (Å²) in [5, 5.41) is 11.6. The van der Waals surface area contributed by atoms with E-state index in [4.69, 9.17) is 5.11 Å². The quantitative estimate of drug-likeness (QED) is 0.659. The first-order valence-corrected chi connectivity index (χ1v) is 4.39. The van der Waals surface area contributed by atoms with Gasteiger partial charge in [0.25, 0.3) is 0 Å². The summed E-state index contributed by atoms with van der Waals surface area (Å²) in [5.41, 5.74) is 0. The molecule has 0 saturated heterocycles. The lowest BCUT2D eigenvalue weighted by Crippen LogP contribution is -2.40. The van der Waals surface area contributed by atoms with Crippen molar-refractivity contribution in [2.75, 3.05) is 7.05 Å². The lowest BCUT2D eigenvalue weighted by atomic mass is 9.92. The first-order chi connectivity index (χ1) is 5.49. The normalized spacial score (nSPS) is 16.1. The number of rotatable bonds is 5. The van der Waals surface area contributed by atoms with Gasteiger partial charge in [-0.15, -0.1) is 0 Å². The van der Waals surface area contributed by atoms with Crippen LogP contribution in [-0.4, -0.2) is 24.2 Å². The van der Waals surface area contributed by atoms with Gasteiger partial charge in [0, 0.05) is 0 Å². The van der Waals surface area contributed by atoms with Crippen LogP contribution in [0.1, 0.15) is 27.2 Å². The molecule has 3 nitrogen and oxygen atoms in total. The lowest BCUT2D eigenvalue weighted by Gasteiger charge is -2.20. The summed E-state index contributed by atoms with van der Waals surface area (Å²) >= 11 is 0. The van der Waals surface area contributed by atoms with Crippen molar-refractivity contribution in [1.82, 2.24) is 5.32 Å². The number of carbonyl (C=O) groups is 1. The predicted octanol–water partition coefficient (Wildman–Crippen LogP) is 1.34. The van der Waals surface area contributed by atoms with E-state index in [0.29, 0.717) is 5.92 Å². The average Bonchev–Trinajstić information content (AvgIpc) is 1.85. The molecule has 0 fully saturated rings. The molecule has 0 aliphatic carbocycles. The Hall–Kier alpha value is -0.570. The summed E-state index contributed by atoms with van der Waals surface area (Å²) in [6.07, 6.45) is 0.942. The minimum Gasteiger partial charge on any atom is -0.480 e. The van der Waals surface area contributed by atoms with Crippen LogP contribution in [0.5, 0.6) is 0 Å². The third kappa shape index (κ3) is 3.72.